The van der Waals surface area contributed by atoms with Gasteiger partial charge in [0.15, 0.2) is 5.82 Å². The summed E-state index contributed by atoms with van der Waals surface area (Å²) in [6.45, 7) is 2.51. The van der Waals surface area contributed by atoms with Crippen LogP contribution < -0.4 is 20.1 Å². The summed E-state index contributed by atoms with van der Waals surface area (Å²) >= 11 is 0. The highest BCUT2D eigenvalue weighted by molar-refractivity contribution is 5.99. The lowest BCUT2D eigenvalue weighted by molar-refractivity contribution is 0.262. The Labute approximate surface area is 178 Å². The van der Waals surface area contributed by atoms with Crippen LogP contribution in [0.4, 0.5) is 16.2 Å². The molecule has 0 saturated carbocycles. The topological polar surface area (TPSA) is 103 Å². The van der Waals surface area contributed by atoms with Crippen LogP contribution >= 0.6 is 0 Å². The van der Waals surface area contributed by atoms with E-state index in [0.717, 1.165) is 5.75 Å². The molecule has 2 aromatic heterocycles. The van der Waals surface area contributed by atoms with E-state index in [1.165, 1.54) is 0 Å². The molecule has 31 heavy (non-hydrogen) atoms. The fourth-order valence-corrected chi connectivity index (χ4v) is 2.72. The van der Waals surface area contributed by atoms with E-state index in [1.54, 1.807) is 83.8 Å². The van der Waals surface area contributed by atoms with Crippen molar-refractivity contribution in [1.29, 1.82) is 0 Å². The number of carbonyl (C=O) groups excluding carboxylic acids is 1. The van der Waals surface area contributed by atoms with Crippen molar-refractivity contribution < 1.29 is 14.3 Å². The van der Waals surface area contributed by atoms with Crippen molar-refractivity contribution >= 4 is 17.4 Å². The molecule has 0 radical (unpaired) electrons. The Balaban J connectivity index is 1.31. The SMILES string of the molecule is CCOc1ccc(NC(=O)Nc2ccc(Oc3ccc(-n4cccn4)nn3)cc2)cc1. The predicted octanol–water partition coefficient (Wildman–Crippen LogP) is 4.50. The third kappa shape index (κ3) is 5.36. The van der Waals surface area contributed by atoms with Gasteiger partial charge >= 0.3 is 6.03 Å². The van der Waals surface area contributed by atoms with E-state index in [-0.39, 0.29) is 6.03 Å². The van der Waals surface area contributed by atoms with Crippen LogP contribution in [0.15, 0.2) is 79.1 Å². The highest BCUT2D eigenvalue weighted by atomic mass is 16.5. The van der Waals surface area contributed by atoms with Gasteiger partial charge in [-0.05, 0) is 67.6 Å². The number of carbonyl (C=O) groups is 1. The zero-order valence-electron chi connectivity index (χ0n) is 16.7. The van der Waals surface area contributed by atoms with E-state index in [9.17, 15) is 4.79 Å². The lowest BCUT2D eigenvalue weighted by Gasteiger charge is -2.10. The third-order valence-electron chi connectivity index (χ3n) is 4.12. The van der Waals surface area contributed by atoms with Gasteiger partial charge in [0.1, 0.15) is 11.5 Å². The Bertz CT molecular complexity index is 1110. The van der Waals surface area contributed by atoms with Gasteiger partial charge in [-0.3, -0.25) is 0 Å². The summed E-state index contributed by atoms with van der Waals surface area (Å²) in [5.41, 5.74) is 1.29. The summed E-state index contributed by atoms with van der Waals surface area (Å²) in [5.74, 6) is 2.27. The number of anilines is 2. The van der Waals surface area contributed by atoms with Crippen molar-refractivity contribution in [3.63, 3.8) is 0 Å². The number of nitrogens with zero attached hydrogens (tertiary/aromatic N) is 4. The van der Waals surface area contributed by atoms with Gasteiger partial charge in [0, 0.05) is 29.8 Å². The van der Waals surface area contributed by atoms with E-state index < -0.39 is 0 Å². The zero-order valence-corrected chi connectivity index (χ0v) is 16.7. The van der Waals surface area contributed by atoms with E-state index in [2.05, 4.69) is 25.9 Å². The van der Waals surface area contributed by atoms with E-state index in [4.69, 9.17) is 9.47 Å². The molecule has 0 aliphatic carbocycles. The normalized spacial score (nSPS) is 10.4. The highest BCUT2D eigenvalue weighted by Gasteiger charge is 2.05. The molecule has 9 heteroatoms. The molecule has 0 fully saturated rings. The third-order valence-corrected chi connectivity index (χ3v) is 4.12. The maximum atomic E-state index is 12.2. The van der Waals surface area contributed by atoms with Gasteiger partial charge in [0.25, 0.3) is 0 Å². The Hall–Kier alpha value is -4.40. The second-order valence-corrected chi connectivity index (χ2v) is 6.34. The maximum absolute atomic E-state index is 12.2. The largest absolute Gasteiger partial charge is 0.494 e. The lowest BCUT2D eigenvalue weighted by atomic mass is 10.3. The molecular formula is C22H20N6O3. The summed E-state index contributed by atoms with van der Waals surface area (Å²) < 4.78 is 12.7. The number of hydrogen-bond acceptors (Lipinski definition) is 6. The van der Waals surface area contributed by atoms with Crippen molar-refractivity contribution in [2.24, 2.45) is 0 Å². The van der Waals surface area contributed by atoms with Gasteiger partial charge in [-0.25, -0.2) is 9.48 Å². The van der Waals surface area contributed by atoms with E-state index in [0.29, 0.717) is 35.4 Å². The first-order valence-corrected chi connectivity index (χ1v) is 9.62. The number of rotatable bonds is 7. The van der Waals surface area contributed by atoms with E-state index in [1.807, 2.05) is 6.92 Å². The smallest absolute Gasteiger partial charge is 0.323 e. The molecule has 0 atom stereocenters. The van der Waals surface area contributed by atoms with Gasteiger partial charge in [0.2, 0.25) is 5.88 Å². The highest BCUT2D eigenvalue weighted by Crippen LogP contribution is 2.22. The second-order valence-electron chi connectivity index (χ2n) is 6.34. The van der Waals surface area contributed by atoms with Crippen molar-refractivity contribution in [3.05, 3.63) is 79.1 Å². The maximum Gasteiger partial charge on any atom is 0.323 e. The van der Waals surface area contributed by atoms with Gasteiger partial charge in [-0.1, -0.05) is 0 Å². The molecule has 2 heterocycles. The quantitative estimate of drug-likeness (QED) is 0.460. The molecule has 4 rings (SSSR count). The zero-order chi connectivity index (χ0) is 21.5. The molecule has 2 N–H and O–H groups in total. The van der Waals surface area contributed by atoms with Crippen molar-refractivity contribution in [2.75, 3.05) is 17.2 Å². The van der Waals surface area contributed by atoms with Crippen LogP contribution in [0.2, 0.25) is 0 Å². The summed E-state index contributed by atoms with van der Waals surface area (Å²) in [7, 11) is 0. The molecule has 9 nitrogen and oxygen atoms in total. The van der Waals surface area contributed by atoms with Crippen LogP contribution in [0.3, 0.4) is 0 Å². The van der Waals surface area contributed by atoms with Crippen molar-refractivity contribution in [3.8, 4) is 23.2 Å². The van der Waals surface area contributed by atoms with Gasteiger partial charge in [0.05, 0.1) is 6.61 Å². The monoisotopic (exact) mass is 416 g/mol. The first-order valence-electron chi connectivity index (χ1n) is 9.62. The summed E-state index contributed by atoms with van der Waals surface area (Å²) in [6, 6.07) is 19.0. The number of hydrogen-bond donors (Lipinski definition) is 2. The lowest BCUT2D eigenvalue weighted by Crippen LogP contribution is -2.19. The van der Waals surface area contributed by atoms with Crippen molar-refractivity contribution in [2.45, 2.75) is 6.92 Å². The fourth-order valence-electron chi connectivity index (χ4n) is 2.72. The number of ether oxygens (including phenoxy) is 2. The number of nitrogens with one attached hydrogen (secondary N) is 2. The van der Waals surface area contributed by atoms with Crippen LogP contribution in [-0.4, -0.2) is 32.6 Å². The molecule has 0 spiro atoms. The summed E-state index contributed by atoms with van der Waals surface area (Å²) in [5, 5.41) is 17.8. The summed E-state index contributed by atoms with van der Waals surface area (Å²) in [4.78, 5) is 12.2. The Morgan fingerprint density at radius 3 is 2.13 bits per heavy atom. The number of urea groups is 1. The average molecular weight is 416 g/mol. The van der Waals surface area contributed by atoms with Crippen LogP contribution in [0.25, 0.3) is 5.82 Å². The van der Waals surface area contributed by atoms with E-state index >= 15 is 0 Å². The van der Waals surface area contributed by atoms with Crippen LogP contribution in [-0.2, 0) is 0 Å². The minimum absolute atomic E-state index is 0.349. The molecule has 2 aromatic carbocycles. The molecule has 2 amide bonds. The second kappa shape index (κ2) is 9.40. The average Bonchev–Trinajstić information content (AvgIpc) is 3.32. The fraction of sp³-hybridized carbons (Fsp3) is 0.0909. The summed E-state index contributed by atoms with van der Waals surface area (Å²) in [6.07, 6.45) is 3.45. The number of benzene rings is 2. The molecule has 0 bridgehead atoms. The molecule has 0 saturated heterocycles. The molecule has 0 unspecified atom stereocenters. The van der Waals surface area contributed by atoms with Gasteiger partial charge in [-0.2, -0.15) is 5.10 Å². The minimum Gasteiger partial charge on any atom is -0.494 e. The van der Waals surface area contributed by atoms with Gasteiger partial charge < -0.3 is 20.1 Å². The van der Waals surface area contributed by atoms with Crippen LogP contribution in [0, 0.1) is 0 Å². The first kappa shape index (κ1) is 19.9. The molecule has 0 aliphatic rings. The first-order chi connectivity index (χ1) is 15.2. The van der Waals surface area contributed by atoms with Crippen LogP contribution in [0.1, 0.15) is 6.92 Å². The standard InChI is InChI=1S/C22H20N6O3/c1-2-30-18-8-4-16(5-9-18)24-22(29)25-17-6-10-19(11-7-17)31-21-13-12-20(26-27-21)28-15-3-14-23-28/h3-15H,2H2,1H3,(H2,24,25,29). The number of aromatic nitrogens is 4. The Morgan fingerprint density at radius 1 is 0.903 bits per heavy atom. The van der Waals surface area contributed by atoms with Crippen LogP contribution in [0.5, 0.6) is 17.4 Å². The number of amides is 2. The molecule has 4 aromatic rings. The Morgan fingerprint density at radius 2 is 1.58 bits per heavy atom. The predicted molar refractivity (Wildman–Crippen MR) is 116 cm³/mol. The Kier molecular flexibility index (Phi) is 6.03. The van der Waals surface area contributed by atoms with Gasteiger partial charge in [-0.15, -0.1) is 10.2 Å². The molecule has 156 valence electrons. The molecule has 0 aliphatic heterocycles. The minimum atomic E-state index is -0.349. The van der Waals surface area contributed by atoms with Crippen molar-refractivity contribution in [1.82, 2.24) is 20.0 Å². The molecular weight excluding hydrogens is 396 g/mol.